The summed E-state index contributed by atoms with van der Waals surface area (Å²) in [6.45, 7) is 0. The summed E-state index contributed by atoms with van der Waals surface area (Å²) in [5.74, 6) is -0.444. The lowest BCUT2D eigenvalue weighted by Crippen LogP contribution is -2.12. The van der Waals surface area contributed by atoms with Gasteiger partial charge in [-0.15, -0.1) is 11.8 Å². The van der Waals surface area contributed by atoms with Crippen LogP contribution in [0.3, 0.4) is 0 Å². The predicted molar refractivity (Wildman–Crippen MR) is 83.6 cm³/mol. The van der Waals surface area contributed by atoms with Gasteiger partial charge >= 0.3 is 0 Å². The Kier molecular flexibility index (Phi) is 5.55. The van der Waals surface area contributed by atoms with Crippen LogP contribution in [0.1, 0.15) is 17.0 Å². The van der Waals surface area contributed by atoms with Crippen LogP contribution in [0.4, 0.5) is 0 Å². The van der Waals surface area contributed by atoms with Gasteiger partial charge in [0.15, 0.2) is 0 Å². The van der Waals surface area contributed by atoms with Crippen molar-refractivity contribution in [2.75, 3.05) is 5.75 Å². The van der Waals surface area contributed by atoms with Crippen molar-refractivity contribution in [3.05, 3.63) is 59.8 Å². The number of benzene rings is 1. The van der Waals surface area contributed by atoms with Crippen LogP contribution >= 0.6 is 11.8 Å². The number of hydrogen-bond acceptors (Lipinski definition) is 5. The molecule has 4 nitrogen and oxygen atoms in total. The molecule has 0 aliphatic heterocycles. The first kappa shape index (κ1) is 15.6. The van der Waals surface area contributed by atoms with Crippen molar-refractivity contribution in [3.63, 3.8) is 0 Å². The molecule has 1 heterocycles. The maximum Gasteiger partial charge on any atom is 0.140 e. The summed E-state index contributed by atoms with van der Waals surface area (Å²) in [6, 6.07) is 19.1. The Bertz CT molecular complexity index is 739. The Labute approximate surface area is 133 Å². The van der Waals surface area contributed by atoms with E-state index in [1.54, 1.807) is 18.3 Å². The van der Waals surface area contributed by atoms with Crippen molar-refractivity contribution in [2.24, 2.45) is 5.92 Å². The van der Waals surface area contributed by atoms with Gasteiger partial charge < -0.3 is 0 Å². The molecule has 1 aromatic heterocycles. The molecule has 0 spiro atoms. The lowest BCUT2D eigenvalue weighted by molar-refractivity contribution is 0.679. The van der Waals surface area contributed by atoms with Gasteiger partial charge in [-0.1, -0.05) is 30.3 Å². The van der Waals surface area contributed by atoms with E-state index in [2.05, 4.69) is 23.2 Å². The van der Waals surface area contributed by atoms with Crippen molar-refractivity contribution < 1.29 is 0 Å². The van der Waals surface area contributed by atoms with Crippen molar-refractivity contribution in [2.45, 2.75) is 10.9 Å². The third kappa shape index (κ3) is 3.64. The second-order valence-electron chi connectivity index (χ2n) is 4.53. The molecule has 0 saturated carbocycles. The lowest BCUT2D eigenvalue weighted by atomic mass is 9.89. The third-order valence-corrected chi connectivity index (χ3v) is 4.32. The standard InChI is InChI=1S/C17H12N4S/c18-9-14-7-4-8-21-17(14)22-12-16(15(10-19)11-20)13-5-2-1-3-6-13/h1-8,15-16H,12H2. The Morgan fingerprint density at radius 1 is 1.00 bits per heavy atom. The second-order valence-corrected chi connectivity index (χ2v) is 5.54. The van der Waals surface area contributed by atoms with Gasteiger partial charge in [0.1, 0.15) is 17.0 Å². The molecule has 106 valence electrons. The Morgan fingerprint density at radius 2 is 1.73 bits per heavy atom. The number of aromatic nitrogens is 1. The fourth-order valence-electron chi connectivity index (χ4n) is 2.05. The molecule has 0 fully saturated rings. The highest BCUT2D eigenvalue weighted by atomic mass is 32.2. The van der Waals surface area contributed by atoms with Gasteiger partial charge in [-0.3, -0.25) is 0 Å². The van der Waals surface area contributed by atoms with Gasteiger partial charge in [-0.05, 0) is 17.7 Å². The number of thioether (sulfide) groups is 1. The molecule has 1 aromatic carbocycles. The largest absolute Gasteiger partial charge is 0.249 e. The molecule has 5 heteroatoms. The first-order valence-electron chi connectivity index (χ1n) is 6.62. The lowest BCUT2D eigenvalue weighted by Gasteiger charge is -2.17. The molecule has 0 aliphatic carbocycles. The van der Waals surface area contributed by atoms with E-state index < -0.39 is 5.92 Å². The van der Waals surface area contributed by atoms with Crippen LogP contribution < -0.4 is 0 Å². The highest BCUT2D eigenvalue weighted by Crippen LogP contribution is 2.31. The first-order chi connectivity index (χ1) is 10.8. The zero-order valence-corrected chi connectivity index (χ0v) is 12.5. The van der Waals surface area contributed by atoms with Crippen molar-refractivity contribution in [3.8, 4) is 18.2 Å². The predicted octanol–water partition coefficient (Wildman–Crippen LogP) is 3.49. The van der Waals surface area contributed by atoms with Gasteiger partial charge in [0, 0.05) is 17.9 Å². The number of hydrogen-bond donors (Lipinski definition) is 0. The summed E-state index contributed by atoms with van der Waals surface area (Å²) >= 11 is 1.40. The minimum absolute atomic E-state index is 0.227. The van der Waals surface area contributed by atoms with Gasteiger partial charge in [0.2, 0.25) is 0 Å². The van der Waals surface area contributed by atoms with Gasteiger partial charge in [-0.25, -0.2) is 4.98 Å². The molecule has 0 amide bonds. The van der Waals surface area contributed by atoms with E-state index in [1.807, 2.05) is 30.3 Å². The van der Waals surface area contributed by atoms with E-state index >= 15 is 0 Å². The number of nitrogens with zero attached hydrogens (tertiary/aromatic N) is 4. The Balaban J connectivity index is 2.23. The van der Waals surface area contributed by atoms with E-state index in [4.69, 9.17) is 5.26 Å². The summed E-state index contributed by atoms with van der Waals surface area (Å²) in [4.78, 5) is 4.20. The summed E-state index contributed by atoms with van der Waals surface area (Å²) in [7, 11) is 0. The summed E-state index contributed by atoms with van der Waals surface area (Å²) in [5, 5.41) is 28.1. The normalized spacial score (nSPS) is 11.2. The molecule has 0 N–H and O–H groups in total. The quantitative estimate of drug-likeness (QED) is 0.789. The average molecular weight is 304 g/mol. The van der Waals surface area contributed by atoms with E-state index in [1.165, 1.54) is 11.8 Å². The molecule has 1 atom stereocenters. The summed E-state index contributed by atoms with van der Waals surface area (Å²) < 4.78 is 0. The van der Waals surface area contributed by atoms with Crippen LogP contribution in [0.5, 0.6) is 0 Å². The molecular formula is C17H12N4S. The van der Waals surface area contributed by atoms with Gasteiger partial charge in [-0.2, -0.15) is 15.8 Å². The smallest absolute Gasteiger partial charge is 0.140 e. The number of nitriles is 3. The van der Waals surface area contributed by atoms with Crippen LogP contribution in [-0.4, -0.2) is 10.7 Å². The third-order valence-electron chi connectivity index (χ3n) is 3.20. The summed E-state index contributed by atoms with van der Waals surface area (Å²) in [6.07, 6.45) is 1.63. The molecular weight excluding hydrogens is 292 g/mol. The second kappa shape index (κ2) is 7.84. The number of rotatable bonds is 5. The highest BCUT2D eigenvalue weighted by Gasteiger charge is 2.23. The minimum Gasteiger partial charge on any atom is -0.249 e. The molecule has 22 heavy (non-hydrogen) atoms. The average Bonchev–Trinajstić information content (AvgIpc) is 2.59. The van der Waals surface area contributed by atoms with Crippen molar-refractivity contribution in [1.82, 2.24) is 4.98 Å². The highest BCUT2D eigenvalue weighted by molar-refractivity contribution is 7.99. The monoisotopic (exact) mass is 304 g/mol. The maximum atomic E-state index is 9.21. The minimum atomic E-state index is -0.732. The molecule has 2 rings (SSSR count). The SMILES string of the molecule is N#Cc1cccnc1SCC(c1ccccc1)C(C#N)C#N. The zero-order chi connectivity index (χ0) is 15.8. The number of pyridine rings is 1. The summed E-state index contributed by atoms with van der Waals surface area (Å²) in [5.41, 5.74) is 1.45. The van der Waals surface area contributed by atoms with E-state index in [0.29, 0.717) is 16.3 Å². The van der Waals surface area contributed by atoms with Gasteiger partial charge in [0.25, 0.3) is 0 Å². The molecule has 0 aliphatic rings. The molecule has 0 bridgehead atoms. The van der Waals surface area contributed by atoms with E-state index in [0.717, 1.165) is 5.56 Å². The Hall–Kier alpha value is -2.81. The first-order valence-corrected chi connectivity index (χ1v) is 7.60. The van der Waals surface area contributed by atoms with Gasteiger partial charge in [0.05, 0.1) is 17.7 Å². The fourth-order valence-corrected chi connectivity index (χ4v) is 3.18. The van der Waals surface area contributed by atoms with E-state index in [9.17, 15) is 10.5 Å². The molecule has 0 saturated heterocycles. The maximum absolute atomic E-state index is 9.21. The van der Waals surface area contributed by atoms with Crippen LogP contribution in [0.2, 0.25) is 0 Å². The van der Waals surface area contributed by atoms with E-state index in [-0.39, 0.29) is 5.92 Å². The van der Waals surface area contributed by atoms with Crippen molar-refractivity contribution >= 4 is 11.8 Å². The van der Waals surface area contributed by atoms with Crippen molar-refractivity contribution in [1.29, 1.82) is 15.8 Å². The zero-order valence-electron chi connectivity index (χ0n) is 11.7. The molecule has 0 radical (unpaired) electrons. The van der Waals surface area contributed by atoms with Crippen LogP contribution in [0.25, 0.3) is 0 Å². The topological polar surface area (TPSA) is 84.3 Å². The van der Waals surface area contributed by atoms with Crippen LogP contribution in [-0.2, 0) is 0 Å². The van der Waals surface area contributed by atoms with Crippen LogP contribution in [0, 0.1) is 39.9 Å². The Morgan fingerprint density at radius 3 is 2.36 bits per heavy atom. The molecule has 1 unspecified atom stereocenters. The van der Waals surface area contributed by atoms with Crippen LogP contribution in [0.15, 0.2) is 53.7 Å². The molecule has 2 aromatic rings. The fraction of sp³-hybridized carbons (Fsp3) is 0.176.